The summed E-state index contributed by atoms with van der Waals surface area (Å²) in [5.41, 5.74) is 5.42. The minimum atomic E-state index is -0.542. The quantitative estimate of drug-likeness (QED) is 0.745. The van der Waals surface area contributed by atoms with Gasteiger partial charge in [0.15, 0.2) is 5.82 Å². The Labute approximate surface area is 116 Å². The van der Waals surface area contributed by atoms with Gasteiger partial charge in [-0.1, -0.05) is 31.8 Å². The molecule has 0 unspecified atom stereocenters. The van der Waals surface area contributed by atoms with E-state index < -0.39 is 5.54 Å². The fourth-order valence-electron chi connectivity index (χ4n) is 1.81. The lowest BCUT2D eigenvalue weighted by Crippen LogP contribution is -2.30. The molecular weight excluding hydrogens is 240 g/mol. The summed E-state index contributed by atoms with van der Waals surface area (Å²) in [6.45, 7) is 11.1. The molecule has 0 bridgehead atoms. The zero-order valence-corrected chi connectivity index (χ0v) is 12.8. The molecule has 0 atom stereocenters. The van der Waals surface area contributed by atoms with E-state index in [4.69, 9.17) is 10.3 Å². The number of hydrogen-bond acceptors (Lipinski definition) is 5. The molecule has 1 aromatic rings. The third kappa shape index (κ3) is 5.70. The lowest BCUT2D eigenvalue weighted by Gasteiger charge is -2.19. The largest absolute Gasteiger partial charge is 0.338 e. The topological polar surface area (TPSA) is 68.2 Å². The van der Waals surface area contributed by atoms with Gasteiger partial charge in [0.2, 0.25) is 5.89 Å². The molecule has 0 aliphatic rings. The average molecular weight is 268 g/mol. The third-order valence-corrected chi connectivity index (χ3v) is 3.06. The van der Waals surface area contributed by atoms with Crippen molar-refractivity contribution in [3.05, 3.63) is 11.7 Å². The zero-order chi connectivity index (χ0) is 14.3. The summed E-state index contributed by atoms with van der Waals surface area (Å²) in [5.74, 6) is 1.24. The van der Waals surface area contributed by atoms with Gasteiger partial charge in [-0.15, -0.1) is 0 Å². The minimum absolute atomic E-state index is 0.542. The van der Waals surface area contributed by atoms with Crippen LogP contribution in [0.1, 0.15) is 65.1 Å². The van der Waals surface area contributed by atoms with Gasteiger partial charge in [0.1, 0.15) is 0 Å². The number of nitrogens with zero attached hydrogens (tertiary/aromatic N) is 3. The normalized spacial score (nSPS) is 12.3. The van der Waals surface area contributed by atoms with Gasteiger partial charge >= 0.3 is 0 Å². The number of aromatic nitrogens is 2. The first-order valence-electron chi connectivity index (χ1n) is 7.31. The molecule has 0 aliphatic heterocycles. The van der Waals surface area contributed by atoms with Crippen LogP contribution in [0.25, 0.3) is 0 Å². The Balaban J connectivity index is 2.59. The van der Waals surface area contributed by atoms with Crippen molar-refractivity contribution in [3.63, 3.8) is 0 Å². The first kappa shape index (κ1) is 16.1. The third-order valence-electron chi connectivity index (χ3n) is 3.06. The molecule has 110 valence electrons. The Kier molecular flexibility index (Phi) is 6.45. The van der Waals surface area contributed by atoms with Crippen molar-refractivity contribution in [2.24, 2.45) is 5.73 Å². The van der Waals surface area contributed by atoms with Crippen molar-refractivity contribution in [3.8, 4) is 0 Å². The van der Waals surface area contributed by atoms with Gasteiger partial charge in [0.25, 0.3) is 0 Å². The smallest absolute Gasteiger partial charge is 0.240 e. The maximum absolute atomic E-state index is 5.96. The van der Waals surface area contributed by atoms with Crippen LogP contribution in [-0.2, 0) is 12.1 Å². The molecule has 0 spiro atoms. The van der Waals surface area contributed by atoms with Gasteiger partial charge in [0, 0.05) is 0 Å². The molecule has 1 heterocycles. The maximum Gasteiger partial charge on any atom is 0.240 e. The van der Waals surface area contributed by atoms with E-state index in [0.717, 1.165) is 19.6 Å². The number of nitrogens with two attached hydrogens (primary N) is 1. The summed E-state index contributed by atoms with van der Waals surface area (Å²) < 4.78 is 5.30. The fraction of sp³-hybridized carbons (Fsp3) is 0.857. The van der Waals surface area contributed by atoms with Crippen LogP contribution in [0.15, 0.2) is 4.52 Å². The highest BCUT2D eigenvalue weighted by Gasteiger charge is 2.22. The Morgan fingerprint density at radius 1 is 1.16 bits per heavy atom. The van der Waals surface area contributed by atoms with E-state index in [-0.39, 0.29) is 0 Å². The van der Waals surface area contributed by atoms with Crippen LogP contribution in [0, 0.1) is 0 Å². The Morgan fingerprint density at radius 2 is 1.74 bits per heavy atom. The number of hydrogen-bond donors (Lipinski definition) is 1. The first-order chi connectivity index (χ1) is 8.97. The summed E-state index contributed by atoms with van der Waals surface area (Å²) in [4.78, 5) is 6.78. The second kappa shape index (κ2) is 7.60. The van der Waals surface area contributed by atoms with E-state index in [2.05, 4.69) is 28.9 Å². The van der Waals surface area contributed by atoms with Crippen LogP contribution in [0.3, 0.4) is 0 Å². The Morgan fingerprint density at radius 3 is 2.16 bits per heavy atom. The van der Waals surface area contributed by atoms with Crippen molar-refractivity contribution in [1.82, 2.24) is 15.0 Å². The molecule has 19 heavy (non-hydrogen) atoms. The SMILES string of the molecule is CCCCN(CCCC)Cc1nc(C(C)(C)N)no1. The second-order valence-electron chi connectivity index (χ2n) is 5.72. The van der Waals surface area contributed by atoms with Crippen molar-refractivity contribution in [2.75, 3.05) is 13.1 Å². The van der Waals surface area contributed by atoms with E-state index in [1.165, 1.54) is 25.7 Å². The molecule has 5 heteroatoms. The van der Waals surface area contributed by atoms with Crippen molar-refractivity contribution < 1.29 is 4.52 Å². The predicted molar refractivity (Wildman–Crippen MR) is 76.6 cm³/mol. The molecule has 0 fully saturated rings. The number of unbranched alkanes of at least 4 members (excludes halogenated alkanes) is 2. The Bertz CT molecular complexity index is 349. The van der Waals surface area contributed by atoms with Crippen LogP contribution >= 0.6 is 0 Å². The highest BCUT2D eigenvalue weighted by Crippen LogP contribution is 2.14. The van der Waals surface area contributed by atoms with E-state index in [1.807, 2.05) is 13.8 Å². The Hall–Kier alpha value is -0.940. The predicted octanol–water partition coefficient (Wildman–Crippen LogP) is 2.67. The van der Waals surface area contributed by atoms with Gasteiger partial charge < -0.3 is 10.3 Å². The lowest BCUT2D eigenvalue weighted by atomic mass is 10.1. The summed E-state index contributed by atoms with van der Waals surface area (Å²) in [6, 6.07) is 0. The summed E-state index contributed by atoms with van der Waals surface area (Å²) in [6.07, 6.45) is 4.81. The van der Waals surface area contributed by atoms with E-state index >= 15 is 0 Å². The molecule has 1 aromatic heterocycles. The van der Waals surface area contributed by atoms with Gasteiger partial charge in [-0.2, -0.15) is 4.98 Å². The van der Waals surface area contributed by atoms with E-state index in [9.17, 15) is 0 Å². The molecule has 0 aromatic carbocycles. The summed E-state index contributed by atoms with van der Waals surface area (Å²) in [5, 5.41) is 3.96. The van der Waals surface area contributed by atoms with Crippen molar-refractivity contribution in [1.29, 1.82) is 0 Å². The summed E-state index contributed by atoms with van der Waals surface area (Å²) in [7, 11) is 0. The molecule has 0 radical (unpaired) electrons. The van der Waals surface area contributed by atoms with Gasteiger partial charge in [-0.25, -0.2) is 0 Å². The summed E-state index contributed by atoms with van der Waals surface area (Å²) >= 11 is 0. The van der Waals surface area contributed by atoms with Crippen LogP contribution in [0.2, 0.25) is 0 Å². The minimum Gasteiger partial charge on any atom is -0.338 e. The van der Waals surface area contributed by atoms with E-state index in [1.54, 1.807) is 0 Å². The molecular formula is C14H28N4O. The maximum atomic E-state index is 5.96. The van der Waals surface area contributed by atoms with Crippen molar-refractivity contribution >= 4 is 0 Å². The number of rotatable bonds is 9. The first-order valence-corrected chi connectivity index (χ1v) is 7.31. The van der Waals surface area contributed by atoms with Crippen molar-refractivity contribution in [2.45, 2.75) is 65.5 Å². The van der Waals surface area contributed by atoms with Gasteiger partial charge in [0.05, 0.1) is 12.1 Å². The molecule has 5 nitrogen and oxygen atoms in total. The van der Waals surface area contributed by atoms with Gasteiger partial charge in [-0.3, -0.25) is 4.90 Å². The fourth-order valence-corrected chi connectivity index (χ4v) is 1.81. The molecule has 0 saturated heterocycles. The van der Waals surface area contributed by atoms with Crippen LogP contribution in [-0.4, -0.2) is 28.1 Å². The zero-order valence-electron chi connectivity index (χ0n) is 12.8. The van der Waals surface area contributed by atoms with Crippen LogP contribution in [0.4, 0.5) is 0 Å². The average Bonchev–Trinajstić information content (AvgIpc) is 2.81. The lowest BCUT2D eigenvalue weighted by molar-refractivity contribution is 0.220. The molecule has 0 saturated carbocycles. The monoisotopic (exact) mass is 268 g/mol. The highest BCUT2D eigenvalue weighted by atomic mass is 16.5. The highest BCUT2D eigenvalue weighted by molar-refractivity contribution is 4.98. The second-order valence-corrected chi connectivity index (χ2v) is 5.72. The molecule has 1 rings (SSSR count). The van der Waals surface area contributed by atoms with Crippen LogP contribution < -0.4 is 5.73 Å². The molecule has 2 N–H and O–H groups in total. The van der Waals surface area contributed by atoms with E-state index in [0.29, 0.717) is 11.7 Å². The molecule has 0 amide bonds. The van der Waals surface area contributed by atoms with Crippen LogP contribution in [0.5, 0.6) is 0 Å². The molecule has 0 aliphatic carbocycles. The standard InChI is InChI=1S/C14H28N4O/c1-5-7-9-18(10-8-6-2)11-12-16-13(17-19-12)14(3,4)15/h5-11,15H2,1-4H3. The van der Waals surface area contributed by atoms with Gasteiger partial charge in [-0.05, 0) is 39.8 Å².